The third kappa shape index (κ3) is 3.22. The highest BCUT2D eigenvalue weighted by Gasteiger charge is 2.41. The summed E-state index contributed by atoms with van der Waals surface area (Å²) in [5.41, 5.74) is -0.368. The maximum atomic E-state index is 11.9. The summed E-state index contributed by atoms with van der Waals surface area (Å²) in [6.45, 7) is 2.54. The molecule has 0 unspecified atom stereocenters. The average molecular weight is 333 g/mol. The smallest absolute Gasteiger partial charge is 0.177 e. The summed E-state index contributed by atoms with van der Waals surface area (Å²) in [5, 5.41) is 10.0. The molecule has 0 bridgehead atoms. The zero-order valence-electron chi connectivity index (χ0n) is 12.2. The number of hydrogen-bond acceptors (Lipinski definition) is 6. The van der Waals surface area contributed by atoms with E-state index in [1.165, 1.54) is 18.2 Å². The van der Waals surface area contributed by atoms with Crippen LogP contribution in [0.5, 0.6) is 0 Å². The lowest BCUT2D eigenvalue weighted by molar-refractivity contribution is 0.00822. The van der Waals surface area contributed by atoms with Crippen molar-refractivity contribution in [3.63, 3.8) is 0 Å². The average Bonchev–Trinajstić information content (AvgIpc) is 2.32. The van der Waals surface area contributed by atoms with Gasteiger partial charge in [-0.2, -0.15) is 0 Å². The van der Waals surface area contributed by atoms with Gasteiger partial charge in [0, 0.05) is 25.6 Å². The first-order valence-corrected chi connectivity index (χ1v) is 10.3. The van der Waals surface area contributed by atoms with E-state index in [0.29, 0.717) is 25.2 Å². The van der Waals surface area contributed by atoms with Crippen molar-refractivity contribution in [2.75, 3.05) is 30.5 Å². The lowest BCUT2D eigenvalue weighted by Crippen LogP contribution is -2.61. The molecule has 1 heterocycles. The second kappa shape index (κ2) is 4.96. The highest BCUT2D eigenvalue weighted by molar-refractivity contribution is 7.91. The van der Waals surface area contributed by atoms with Gasteiger partial charge < -0.3 is 10.0 Å². The van der Waals surface area contributed by atoms with Gasteiger partial charge in [-0.1, -0.05) is 6.92 Å². The number of nitrogens with zero attached hydrogens (tertiary/aromatic N) is 1. The molecule has 1 fully saturated rings. The second-order valence-corrected chi connectivity index (χ2v) is 9.61. The molecule has 0 aliphatic carbocycles. The minimum Gasteiger partial charge on any atom is -0.386 e. The van der Waals surface area contributed by atoms with Gasteiger partial charge in [0.15, 0.2) is 19.7 Å². The molecular weight excluding hydrogens is 314 g/mol. The van der Waals surface area contributed by atoms with E-state index >= 15 is 0 Å². The third-order valence-electron chi connectivity index (χ3n) is 3.73. The summed E-state index contributed by atoms with van der Waals surface area (Å²) in [6.07, 6.45) is 2.66. The SMILES string of the molecule is CCC1(O)CN(c2ccc(S(C)(=O)=O)cc2S(C)(=O)=O)C1. The van der Waals surface area contributed by atoms with Crippen LogP contribution in [0, 0.1) is 0 Å². The van der Waals surface area contributed by atoms with Gasteiger partial charge in [0.2, 0.25) is 0 Å². The van der Waals surface area contributed by atoms with Crippen molar-refractivity contribution in [3.05, 3.63) is 18.2 Å². The van der Waals surface area contributed by atoms with E-state index < -0.39 is 25.3 Å². The highest BCUT2D eigenvalue weighted by atomic mass is 32.2. The number of β-amino-alcohol motifs (C(OH)–C–C–N with tert-alkyl or cyclic N) is 1. The topological polar surface area (TPSA) is 91.8 Å². The molecule has 0 radical (unpaired) electrons. The molecule has 2 rings (SSSR count). The van der Waals surface area contributed by atoms with E-state index in [-0.39, 0.29) is 9.79 Å². The molecule has 21 heavy (non-hydrogen) atoms. The van der Waals surface area contributed by atoms with E-state index in [1.807, 2.05) is 6.92 Å². The van der Waals surface area contributed by atoms with Crippen LogP contribution in [-0.2, 0) is 19.7 Å². The lowest BCUT2D eigenvalue weighted by atomic mass is 9.91. The van der Waals surface area contributed by atoms with Crippen molar-refractivity contribution in [1.82, 2.24) is 0 Å². The predicted molar refractivity (Wildman–Crippen MR) is 80.1 cm³/mol. The summed E-state index contributed by atoms with van der Waals surface area (Å²) in [6, 6.07) is 4.06. The number of benzene rings is 1. The predicted octanol–water partition coefficient (Wildman–Crippen LogP) is 0.455. The number of anilines is 1. The molecule has 0 saturated carbocycles. The van der Waals surface area contributed by atoms with E-state index in [2.05, 4.69) is 0 Å². The fourth-order valence-electron chi connectivity index (χ4n) is 2.34. The summed E-state index contributed by atoms with van der Waals surface area (Å²) in [7, 11) is -7.05. The molecule has 1 aromatic rings. The van der Waals surface area contributed by atoms with Crippen LogP contribution in [0.4, 0.5) is 5.69 Å². The molecule has 118 valence electrons. The molecule has 6 nitrogen and oxygen atoms in total. The minimum atomic E-state index is -3.57. The quantitative estimate of drug-likeness (QED) is 0.860. The summed E-state index contributed by atoms with van der Waals surface area (Å²) in [4.78, 5) is 1.69. The molecule has 1 aliphatic heterocycles. The van der Waals surface area contributed by atoms with Crippen LogP contribution in [0.25, 0.3) is 0 Å². The molecule has 8 heteroatoms. The Hall–Kier alpha value is -1.12. The Morgan fingerprint density at radius 1 is 1.14 bits per heavy atom. The molecule has 0 amide bonds. The zero-order chi connectivity index (χ0) is 16.1. The fourth-order valence-corrected chi connectivity index (χ4v) is 3.98. The van der Waals surface area contributed by atoms with Crippen molar-refractivity contribution in [3.8, 4) is 0 Å². The maximum Gasteiger partial charge on any atom is 0.177 e. The van der Waals surface area contributed by atoms with Crippen LogP contribution in [-0.4, -0.2) is 53.1 Å². The van der Waals surface area contributed by atoms with Gasteiger partial charge >= 0.3 is 0 Å². The van der Waals surface area contributed by atoms with Crippen LogP contribution in [0.15, 0.2) is 28.0 Å². The highest BCUT2D eigenvalue weighted by Crippen LogP contribution is 2.35. The van der Waals surface area contributed by atoms with Crippen molar-refractivity contribution >= 4 is 25.4 Å². The van der Waals surface area contributed by atoms with Crippen molar-refractivity contribution in [1.29, 1.82) is 0 Å². The van der Waals surface area contributed by atoms with E-state index in [1.54, 1.807) is 4.90 Å². The summed E-state index contributed by atoms with van der Waals surface area (Å²) < 4.78 is 47.0. The van der Waals surface area contributed by atoms with Crippen LogP contribution in [0.1, 0.15) is 13.3 Å². The Kier molecular flexibility index (Phi) is 3.84. The summed E-state index contributed by atoms with van der Waals surface area (Å²) >= 11 is 0. The van der Waals surface area contributed by atoms with Crippen LogP contribution in [0.2, 0.25) is 0 Å². The first kappa shape index (κ1) is 16.3. The molecule has 1 N–H and O–H groups in total. The zero-order valence-corrected chi connectivity index (χ0v) is 13.8. The minimum absolute atomic E-state index is 0.0245. The number of rotatable bonds is 4. The molecule has 0 spiro atoms. The Bertz CT molecular complexity index is 762. The first-order chi connectivity index (χ1) is 9.46. The van der Waals surface area contributed by atoms with E-state index in [9.17, 15) is 21.9 Å². The van der Waals surface area contributed by atoms with E-state index in [4.69, 9.17) is 0 Å². The third-order valence-corrected chi connectivity index (χ3v) is 5.96. The first-order valence-electron chi connectivity index (χ1n) is 6.48. The number of sulfone groups is 2. The standard InChI is InChI=1S/C13H19NO5S2/c1-4-13(15)8-14(9-13)11-6-5-10(20(2,16)17)7-12(11)21(3,18)19/h5-7,15H,4,8-9H2,1-3H3. The van der Waals surface area contributed by atoms with Crippen molar-refractivity contribution in [2.45, 2.75) is 28.7 Å². The fraction of sp³-hybridized carbons (Fsp3) is 0.538. The Balaban J connectivity index is 2.49. The van der Waals surface area contributed by atoms with Crippen molar-refractivity contribution in [2.24, 2.45) is 0 Å². The lowest BCUT2D eigenvalue weighted by Gasteiger charge is -2.48. The number of aliphatic hydroxyl groups is 1. The van der Waals surface area contributed by atoms with Gasteiger partial charge in [-0.3, -0.25) is 0 Å². The monoisotopic (exact) mass is 333 g/mol. The molecule has 1 saturated heterocycles. The number of hydrogen-bond donors (Lipinski definition) is 1. The molecule has 0 atom stereocenters. The second-order valence-electron chi connectivity index (χ2n) is 5.61. The van der Waals surface area contributed by atoms with Crippen LogP contribution >= 0.6 is 0 Å². The van der Waals surface area contributed by atoms with Gasteiger partial charge in [-0.25, -0.2) is 16.8 Å². The van der Waals surface area contributed by atoms with Gasteiger partial charge in [-0.05, 0) is 24.6 Å². The normalized spacial score (nSPS) is 18.4. The Morgan fingerprint density at radius 2 is 1.71 bits per heavy atom. The van der Waals surface area contributed by atoms with Crippen LogP contribution in [0.3, 0.4) is 0 Å². The van der Waals surface area contributed by atoms with Crippen LogP contribution < -0.4 is 4.90 Å². The van der Waals surface area contributed by atoms with Gasteiger partial charge in [0.1, 0.15) is 0 Å². The Morgan fingerprint density at radius 3 is 2.14 bits per heavy atom. The van der Waals surface area contributed by atoms with E-state index in [0.717, 1.165) is 12.5 Å². The molecule has 1 aromatic carbocycles. The maximum absolute atomic E-state index is 11.9. The molecular formula is C13H19NO5S2. The van der Waals surface area contributed by atoms with Gasteiger partial charge in [0.05, 0.1) is 21.1 Å². The van der Waals surface area contributed by atoms with Gasteiger partial charge in [-0.15, -0.1) is 0 Å². The molecule has 0 aromatic heterocycles. The molecule has 1 aliphatic rings. The summed E-state index contributed by atoms with van der Waals surface area (Å²) in [5.74, 6) is 0. The van der Waals surface area contributed by atoms with Crippen molar-refractivity contribution < 1.29 is 21.9 Å². The largest absolute Gasteiger partial charge is 0.386 e. The van der Waals surface area contributed by atoms with Gasteiger partial charge in [0.25, 0.3) is 0 Å². The Labute approximate surface area is 125 Å².